The number of rotatable bonds is 5. The summed E-state index contributed by atoms with van der Waals surface area (Å²) in [6.07, 6.45) is -4.54. The van der Waals surface area contributed by atoms with Crippen LogP contribution in [-0.4, -0.2) is 28.5 Å². The lowest BCUT2D eigenvalue weighted by Gasteiger charge is -2.13. The largest absolute Gasteiger partial charge is 0.461 e. The lowest BCUT2D eigenvalue weighted by Crippen LogP contribution is -2.19. The number of hydrogen-bond acceptors (Lipinski definition) is 5. The molecule has 1 heterocycles. The minimum Gasteiger partial charge on any atom is -0.461 e. The molecular weight excluding hydrogens is 337 g/mol. The van der Waals surface area contributed by atoms with Gasteiger partial charge in [-0.1, -0.05) is 12.1 Å². The third-order valence-corrected chi connectivity index (χ3v) is 3.74. The topological polar surface area (TPSA) is 96.2 Å². The summed E-state index contributed by atoms with van der Waals surface area (Å²) in [7, 11) is 0. The summed E-state index contributed by atoms with van der Waals surface area (Å²) in [4.78, 5) is 12.2. The van der Waals surface area contributed by atoms with Gasteiger partial charge in [0.1, 0.15) is 0 Å². The normalized spacial score (nSPS) is 12.9. The summed E-state index contributed by atoms with van der Waals surface area (Å²) < 4.78 is 45.2. The Kier molecular flexibility index (Phi) is 5.36. The minimum atomic E-state index is -4.54. The number of esters is 1. The van der Waals surface area contributed by atoms with Crippen molar-refractivity contribution in [2.24, 2.45) is 5.73 Å². The maximum absolute atomic E-state index is 13.1. The number of anilines is 1. The lowest BCUT2D eigenvalue weighted by atomic mass is 10.1. The monoisotopic (exact) mass is 356 g/mol. The van der Waals surface area contributed by atoms with E-state index in [0.717, 1.165) is 17.2 Å². The van der Waals surface area contributed by atoms with Crippen LogP contribution in [0.3, 0.4) is 0 Å². The Morgan fingerprint density at radius 1 is 1.32 bits per heavy atom. The standard InChI is InChI=1S/C16H19F3N4O2/c1-3-25-15(24)14-12(21)13(9(2)16(17,18)19)22-23(14)11-6-4-10(8-20)5-7-11/h4-7,9H,3,8,20-21H2,1-2H3. The summed E-state index contributed by atoms with van der Waals surface area (Å²) in [5, 5.41) is 3.94. The quantitative estimate of drug-likeness (QED) is 0.803. The number of carbonyl (C=O) groups excluding carboxylic acids is 1. The second kappa shape index (κ2) is 7.14. The molecule has 136 valence electrons. The first-order chi connectivity index (χ1) is 11.7. The van der Waals surface area contributed by atoms with Crippen LogP contribution in [0.2, 0.25) is 0 Å². The maximum atomic E-state index is 13.1. The van der Waals surface area contributed by atoms with E-state index in [0.29, 0.717) is 12.2 Å². The summed E-state index contributed by atoms with van der Waals surface area (Å²) in [5.41, 5.74) is 11.6. The lowest BCUT2D eigenvalue weighted by molar-refractivity contribution is -0.147. The van der Waals surface area contributed by atoms with Crippen LogP contribution in [0.25, 0.3) is 5.69 Å². The van der Waals surface area contributed by atoms with Gasteiger partial charge in [-0.25, -0.2) is 9.48 Å². The Hall–Kier alpha value is -2.55. The van der Waals surface area contributed by atoms with Crippen LogP contribution in [0.5, 0.6) is 0 Å². The van der Waals surface area contributed by atoms with Gasteiger partial charge in [-0.05, 0) is 31.5 Å². The summed E-state index contributed by atoms with van der Waals surface area (Å²) in [6.45, 7) is 2.89. The van der Waals surface area contributed by atoms with Gasteiger partial charge in [0.25, 0.3) is 0 Å². The van der Waals surface area contributed by atoms with Crippen LogP contribution >= 0.6 is 0 Å². The molecule has 0 saturated heterocycles. The summed E-state index contributed by atoms with van der Waals surface area (Å²) in [5.74, 6) is -2.76. The fourth-order valence-corrected chi connectivity index (χ4v) is 2.28. The van der Waals surface area contributed by atoms with E-state index in [-0.39, 0.29) is 18.0 Å². The first kappa shape index (κ1) is 18.8. The molecule has 0 saturated carbocycles. The zero-order valence-corrected chi connectivity index (χ0v) is 13.8. The molecule has 0 aliphatic heterocycles. The number of nitrogens with zero attached hydrogens (tertiary/aromatic N) is 2. The molecule has 0 fully saturated rings. The minimum absolute atomic E-state index is 0.0553. The highest BCUT2D eigenvalue weighted by molar-refractivity contribution is 5.94. The molecule has 0 bridgehead atoms. The van der Waals surface area contributed by atoms with Crippen LogP contribution in [-0.2, 0) is 11.3 Å². The third-order valence-electron chi connectivity index (χ3n) is 3.74. The van der Waals surface area contributed by atoms with Crippen LogP contribution in [0.15, 0.2) is 24.3 Å². The van der Waals surface area contributed by atoms with E-state index in [1.165, 1.54) is 0 Å². The smallest absolute Gasteiger partial charge is 0.397 e. The molecule has 4 N–H and O–H groups in total. The Morgan fingerprint density at radius 2 is 1.92 bits per heavy atom. The molecule has 25 heavy (non-hydrogen) atoms. The van der Waals surface area contributed by atoms with E-state index in [1.807, 2.05) is 0 Å². The molecule has 9 heteroatoms. The van der Waals surface area contributed by atoms with Crippen molar-refractivity contribution in [3.05, 3.63) is 41.2 Å². The van der Waals surface area contributed by atoms with Crippen molar-refractivity contribution in [2.75, 3.05) is 12.3 Å². The molecule has 1 aromatic carbocycles. The first-order valence-electron chi connectivity index (χ1n) is 7.62. The maximum Gasteiger partial charge on any atom is 0.397 e. The van der Waals surface area contributed by atoms with Gasteiger partial charge in [0.2, 0.25) is 0 Å². The molecule has 0 spiro atoms. The molecule has 1 unspecified atom stereocenters. The number of nitrogens with two attached hydrogens (primary N) is 2. The van der Waals surface area contributed by atoms with Crippen molar-refractivity contribution < 1.29 is 22.7 Å². The molecule has 1 aromatic heterocycles. The van der Waals surface area contributed by atoms with Crippen LogP contribution in [0.4, 0.5) is 18.9 Å². The van der Waals surface area contributed by atoms with Crippen LogP contribution in [0.1, 0.15) is 41.5 Å². The predicted molar refractivity (Wildman–Crippen MR) is 86.3 cm³/mol. The van der Waals surface area contributed by atoms with Crippen molar-refractivity contribution >= 4 is 11.7 Å². The average Bonchev–Trinajstić information content (AvgIpc) is 2.90. The van der Waals surface area contributed by atoms with E-state index in [4.69, 9.17) is 16.2 Å². The highest BCUT2D eigenvalue weighted by atomic mass is 19.4. The molecule has 0 aliphatic carbocycles. The van der Waals surface area contributed by atoms with Crippen molar-refractivity contribution in [3.63, 3.8) is 0 Å². The predicted octanol–water partition coefficient (Wildman–Crippen LogP) is 2.76. The summed E-state index contributed by atoms with van der Waals surface area (Å²) >= 11 is 0. The van der Waals surface area contributed by atoms with Crippen LogP contribution in [0, 0.1) is 0 Å². The number of ether oxygens (including phenoxy) is 1. The van der Waals surface area contributed by atoms with E-state index in [9.17, 15) is 18.0 Å². The molecule has 6 nitrogen and oxygen atoms in total. The molecule has 2 rings (SSSR count). The fourth-order valence-electron chi connectivity index (χ4n) is 2.28. The average molecular weight is 356 g/mol. The van der Waals surface area contributed by atoms with Crippen molar-refractivity contribution in [1.29, 1.82) is 0 Å². The Balaban J connectivity index is 2.61. The second-order valence-corrected chi connectivity index (χ2v) is 5.41. The number of nitrogen functional groups attached to an aromatic ring is 1. The van der Waals surface area contributed by atoms with E-state index in [1.54, 1.807) is 31.2 Å². The molecular formula is C16H19F3N4O2. The zero-order chi connectivity index (χ0) is 18.8. The van der Waals surface area contributed by atoms with Crippen molar-refractivity contribution in [2.45, 2.75) is 32.5 Å². The van der Waals surface area contributed by atoms with E-state index in [2.05, 4.69) is 5.10 Å². The Labute approximate surface area is 142 Å². The van der Waals surface area contributed by atoms with Gasteiger partial charge >= 0.3 is 12.1 Å². The molecule has 1 atom stereocenters. The van der Waals surface area contributed by atoms with Crippen molar-refractivity contribution in [1.82, 2.24) is 9.78 Å². The van der Waals surface area contributed by atoms with Gasteiger partial charge in [0.15, 0.2) is 5.69 Å². The fraction of sp³-hybridized carbons (Fsp3) is 0.375. The van der Waals surface area contributed by atoms with Crippen LogP contribution < -0.4 is 11.5 Å². The van der Waals surface area contributed by atoms with Crippen molar-refractivity contribution in [3.8, 4) is 5.69 Å². The Morgan fingerprint density at radius 3 is 2.40 bits per heavy atom. The Bertz CT molecular complexity index is 754. The first-order valence-corrected chi connectivity index (χ1v) is 7.62. The zero-order valence-electron chi connectivity index (χ0n) is 13.8. The number of halogens is 3. The SMILES string of the molecule is CCOC(=O)c1c(N)c(C(C)C(F)(F)F)nn1-c1ccc(CN)cc1. The van der Waals surface area contributed by atoms with Gasteiger partial charge in [-0.2, -0.15) is 18.3 Å². The van der Waals surface area contributed by atoms with Gasteiger partial charge in [-0.15, -0.1) is 0 Å². The number of aromatic nitrogens is 2. The number of alkyl halides is 3. The number of hydrogen-bond donors (Lipinski definition) is 2. The molecule has 2 aromatic rings. The number of benzene rings is 1. The summed E-state index contributed by atoms with van der Waals surface area (Å²) in [6, 6.07) is 6.57. The van der Waals surface area contributed by atoms with Gasteiger partial charge in [0.05, 0.1) is 29.6 Å². The molecule has 0 aliphatic rings. The highest BCUT2D eigenvalue weighted by Crippen LogP contribution is 2.38. The van der Waals surface area contributed by atoms with Gasteiger partial charge < -0.3 is 16.2 Å². The third kappa shape index (κ3) is 3.76. The second-order valence-electron chi connectivity index (χ2n) is 5.41. The number of carbonyl (C=O) groups is 1. The highest BCUT2D eigenvalue weighted by Gasteiger charge is 2.41. The molecule has 0 radical (unpaired) electrons. The van der Waals surface area contributed by atoms with E-state index < -0.39 is 23.8 Å². The molecule has 0 amide bonds. The van der Waals surface area contributed by atoms with Gasteiger partial charge in [0, 0.05) is 6.54 Å². The van der Waals surface area contributed by atoms with Gasteiger partial charge in [-0.3, -0.25) is 0 Å². The van der Waals surface area contributed by atoms with E-state index >= 15 is 0 Å².